The Morgan fingerprint density at radius 1 is 1.52 bits per heavy atom. The summed E-state index contributed by atoms with van der Waals surface area (Å²) >= 11 is 0. The lowest BCUT2D eigenvalue weighted by Gasteiger charge is -2.16. The first-order chi connectivity index (χ1) is 10.2. The van der Waals surface area contributed by atoms with Crippen LogP contribution in [0.5, 0.6) is 5.88 Å². The van der Waals surface area contributed by atoms with Gasteiger partial charge in [0.25, 0.3) is 0 Å². The summed E-state index contributed by atoms with van der Waals surface area (Å²) < 4.78 is 12.6. The zero-order valence-electron chi connectivity index (χ0n) is 11.7. The van der Waals surface area contributed by atoms with Crippen LogP contribution in [0.3, 0.4) is 0 Å². The summed E-state index contributed by atoms with van der Waals surface area (Å²) in [6.45, 7) is -0.239. The molecule has 1 fully saturated rings. The van der Waals surface area contributed by atoms with Crippen LogP contribution in [0.25, 0.3) is 11.2 Å². The van der Waals surface area contributed by atoms with Gasteiger partial charge in [0, 0.05) is 13.5 Å². The van der Waals surface area contributed by atoms with Crippen LogP contribution in [0.2, 0.25) is 0 Å². The lowest BCUT2D eigenvalue weighted by molar-refractivity contribution is -0.0425. The second-order valence-corrected chi connectivity index (χ2v) is 4.73. The number of hydrogen-bond donors (Lipinski definition) is 3. The van der Waals surface area contributed by atoms with Gasteiger partial charge in [0.2, 0.25) is 11.8 Å². The number of ether oxygens (including phenoxy) is 2. The Hall–Kier alpha value is -1.97. The van der Waals surface area contributed by atoms with E-state index in [1.165, 1.54) is 13.4 Å². The summed E-state index contributed by atoms with van der Waals surface area (Å²) in [5, 5.41) is 22.1. The second-order valence-electron chi connectivity index (χ2n) is 4.73. The maximum Gasteiger partial charge on any atom is 0.245 e. The second kappa shape index (κ2) is 5.43. The predicted molar refractivity (Wildman–Crippen MR) is 73.0 cm³/mol. The molecule has 0 radical (unpaired) electrons. The molecule has 0 aromatic carbocycles. The molecule has 3 rings (SSSR count). The highest BCUT2D eigenvalue weighted by molar-refractivity contribution is 5.79. The van der Waals surface area contributed by atoms with E-state index in [0.717, 1.165) is 0 Å². The van der Waals surface area contributed by atoms with Gasteiger partial charge in [-0.15, -0.1) is 0 Å². The fourth-order valence-electron chi connectivity index (χ4n) is 2.52. The third-order valence-corrected chi connectivity index (χ3v) is 3.53. The third-order valence-electron chi connectivity index (χ3n) is 3.53. The van der Waals surface area contributed by atoms with Gasteiger partial charge in [0.15, 0.2) is 11.2 Å². The molecule has 0 aliphatic carbocycles. The number of aliphatic hydroxyl groups is 2. The SMILES string of the molecule is CNc1nc2c(OC)ncnc2n1[C@H]1C[C@@H](O)[C@H](CO)O1. The van der Waals surface area contributed by atoms with Crippen LogP contribution in [0, 0.1) is 0 Å². The standard InChI is InChI=1S/C12H17N5O4/c1-13-12-16-9-10(14-5-15-11(9)20-2)17(12)8-3-6(19)7(4-18)21-8/h5-8,18-19H,3-4H2,1-2H3,(H,13,16)/t6-,7+,8-/m1/s1. The normalized spacial score (nSPS) is 25.4. The fourth-order valence-corrected chi connectivity index (χ4v) is 2.52. The molecule has 0 spiro atoms. The van der Waals surface area contributed by atoms with Crippen molar-refractivity contribution in [2.24, 2.45) is 0 Å². The van der Waals surface area contributed by atoms with E-state index < -0.39 is 18.4 Å². The Morgan fingerprint density at radius 2 is 2.33 bits per heavy atom. The van der Waals surface area contributed by atoms with Crippen LogP contribution >= 0.6 is 0 Å². The average molecular weight is 295 g/mol. The van der Waals surface area contributed by atoms with Gasteiger partial charge in [-0.05, 0) is 0 Å². The number of aromatic nitrogens is 4. The number of anilines is 1. The molecule has 9 heteroatoms. The molecule has 114 valence electrons. The van der Waals surface area contributed by atoms with Gasteiger partial charge >= 0.3 is 0 Å². The van der Waals surface area contributed by atoms with Gasteiger partial charge in [-0.25, -0.2) is 9.97 Å². The van der Waals surface area contributed by atoms with Gasteiger partial charge in [0.1, 0.15) is 18.7 Å². The molecule has 1 aliphatic heterocycles. The Labute approximate surface area is 120 Å². The zero-order valence-corrected chi connectivity index (χ0v) is 11.7. The first-order valence-electron chi connectivity index (χ1n) is 6.58. The van der Waals surface area contributed by atoms with Crippen LogP contribution < -0.4 is 10.1 Å². The van der Waals surface area contributed by atoms with Gasteiger partial charge in [-0.1, -0.05) is 0 Å². The minimum atomic E-state index is -0.731. The van der Waals surface area contributed by atoms with E-state index in [1.807, 2.05) is 0 Å². The first-order valence-corrected chi connectivity index (χ1v) is 6.58. The van der Waals surface area contributed by atoms with E-state index in [1.54, 1.807) is 11.6 Å². The molecule has 3 N–H and O–H groups in total. The summed E-state index contributed by atoms with van der Waals surface area (Å²) in [7, 11) is 3.24. The number of methoxy groups -OCH3 is 1. The van der Waals surface area contributed by atoms with E-state index in [0.29, 0.717) is 29.4 Å². The van der Waals surface area contributed by atoms with Crippen molar-refractivity contribution in [3.63, 3.8) is 0 Å². The minimum Gasteiger partial charge on any atom is -0.479 e. The van der Waals surface area contributed by atoms with Crippen molar-refractivity contribution in [1.29, 1.82) is 0 Å². The van der Waals surface area contributed by atoms with Crippen LogP contribution in [-0.2, 0) is 4.74 Å². The molecular weight excluding hydrogens is 278 g/mol. The van der Waals surface area contributed by atoms with Crippen LogP contribution in [0.1, 0.15) is 12.6 Å². The lowest BCUT2D eigenvalue weighted by Crippen LogP contribution is -2.24. The summed E-state index contributed by atoms with van der Waals surface area (Å²) in [6.07, 6.45) is -0.0817. The maximum atomic E-state index is 9.90. The third kappa shape index (κ3) is 2.19. The Kier molecular flexibility index (Phi) is 3.62. The number of rotatable bonds is 4. The summed E-state index contributed by atoms with van der Waals surface area (Å²) in [5.74, 6) is 0.895. The van der Waals surface area contributed by atoms with Crippen molar-refractivity contribution in [2.75, 3.05) is 26.1 Å². The lowest BCUT2D eigenvalue weighted by atomic mass is 10.2. The Morgan fingerprint density at radius 3 is 2.95 bits per heavy atom. The summed E-state index contributed by atoms with van der Waals surface area (Å²) in [4.78, 5) is 12.6. The number of imidazole rings is 1. The maximum absolute atomic E-state index is 9.90. The van der Waals surface area contributed by atoms with E-state index in [9.17, 15) is 10.2 Å². The molecule has 0 saturated carbocycles. The predicted octanol–water partition coefficient (Wildman–Crippen LogP) is -0.483. The van der Waals surface area contributed by atoms with E-state index in [4.69, 9.17) is 9.47 Å². The highest BCUT2D eigenvalue weighted by atomic mass is 16.5. The Balaban J connectivity index is 2.09. The highest BCUT2D eigenvalue weighted by Crippen LogP contribution is 2.35. The number of nitrogens with one attached hydrogen (secondary N) is 1. The van der Waals surface area contributed by atoms with Crippen LogP contribution in [-0.4, -0.2) is 62.7 Å². The quantitative estimate of drug-likeness (QED) is 0.692. The van der Waals surface area contributed by atoms with Crippen molar-refractivity contribution in [3.8, 4) is 5.88 Å². The van der Waals surface area contributed by atoms with Gasteiger partial charge in [-0.2, -0.15) is 4.98 Å². The smallest absolute Gasteiger partial charge is 0.245 e. The topological polar surface area (TPSA) is 115 Å². The number of nitrogens with zero attached hydrogens (tertiary/aromatic N) is 4. The summed E-state index contributed by atoms with van der Waals surface area (Å²) in [6, 6.07) is 0. The number of hydrogen-bond acceptors (Lipinski definition) is 8. The van der Waals surface area contributed by atoms with Crippen molar-refractivity contribution in [1.82, 2.24) is 19.5 Å². The molecule has 2 aromatic rings. The molecule has 21 heavy (non-hydrogen) atoms. The van der Waals surface area contributed by atoms with E-state index >= 15 is 0 Å². The summed E-state index contributed by atoms with van der Waals surface area (Å²) in [5.41, 5.74) is 1.05. The molecule has 1 saturated heterocycles. The highest BCUT2D eigenvalue weighted by Gasteiger charge is 2.36. The molecule has 0 unspecified atom stereocenters. The molecule has 2 aromatic heterocycles. The van der Waals surface area contributed by atoms with Gasteiger partial charge in [0.05, 0.1) is 19.8 Å². The van der Waals surface area contributed by atoms with Crippen molar-refractivity contribution in [2.45, 2.75) is 24.9 Å². The van der Waals surface area contributed by atoms with Crippen LogP contribution in [0.4, 0.5) is 5.95 Å². The molecule has 3 heterocycles. The van der Waals surface area contributed by atoms with E-state index in [2.05, 4.69) is 20.3 Å². The van der Waals surface area contributed by atoms with Crippen molar-refractivity contribution >= 4 is 17.1 Å². The Bertz CT molecular complexity index is 646. The zero-order chi connectivity index (χ0) is 15.0. The molecule has 0 bridgehead atoms. The molecule has 3 atom stereocenters. The number of fused-ring (bicyclic) bond motifs is 1. The molecule has 9 nitrogen and oxygen atoms in total. The molecule has 0 amide bonds. The molecular formula is C12H17N5O4. The first kappa shape index (κ1) is 14.0. The van der Waals surface area contributed by atoms with Gasteiger partial charge in [-0.3, -0.25) is 4.57 Å². The van der Waals surface area contributed by atoms with Crippen molar-refractivity contribution < 1.29 is 19.7 Å². The minimum absolute atomic E-state index is 0.239. The fraction of sp³-hybridized carbons (Fsp3) is 0.583. The van der Waals surface area contributed by atoms with Crippen LogP contribution in [0.15, 0.2) is 6.33 Å². The van der Waals surface area contributed by atoms with E-state index in [-0.39, 0.29) is 6.61 Å². The average Bonchev–Trinajstić information content (AvgIpc) is 3.06. The largest absolute Gasteiger partial charge is 0.479 e. The van der Waals surface area contributed by atoms with Gasteiger partial charge < -0.3 is 25.0 Å². The van der Waals surface area contributed by atoms with Crippen molar-refractivity contribution in [3.05, 3.63) is 6.33 Å². The molecule has 1 aliphatic rings. The monoisotopic (exact) mass is 295 g/mol. The number of aliphatic hydroxyl groups excluding tert-OH is 2.